The fourth-order valence-corrected chi connectivity index (χ4v) is 5.44. The Morgan fingerprint density at radius 2 is 1.88 bits per heavy atom. The molecule has 2 heterocycles. The first kappa shape index (κ1) is 24.7. The molecule has 0 spiro atoms. The molecule has 10 heteroatoms. The molecule has 2 aromatic carbocycles. The van der Waals surface area contributed by atoms with Gasteiger partial charge in [0.15, 0.2) is 0 Å². The van der Waals surface area contributed by atoms with Crippen LogP contribution in [0.4, 0.5) is 13.2 Å². The molecule has 184 valence electrons. The molecule has 0 bridgehead atoms. The Hall–Kier alpha value is -2.43. The number of alkyl halides is 2. The van der Waals surface area contributed by atoms with Gasteiger partial charge in [0.25, 0.3) is 11.8 Å². The number of sulfonamides is 1. The zero-order valence-electron chi connectivity index (χ0n) is 18.7. The largest absolute Gasteiger partial charge is 0.368 e. The van der Waals surface area contributed by atoms with E-state index in [1.54, 1.807) is 36.4 Å². The van der Waals surface area contributed by atoms with Crippen molar-refractivity contribution >= 4 is 15.9 Å². The Labute approximate surface area is 197 Å². The van der Waals surface area contributed by atoms with Crippen molar-refractivity contribution in [2.75, 3.05) is 18.9 Å². The Morgan fingerprint density at radius 1 is 1.18 bits per heavy atom. The van der Waals surface area contributed by atoms with Gasteiger partial charge in [0.1, 0.15) is 18.0 Å². The van der Waals surface area contributed by atoms with E-state index in [1.807, 2.05) is 0 Å². The number of rotatable bonds is 7. The van der Waals surface area contributed by atoms with E-state index in [4.69, 9.17) is 4.74 Å². The molecule has 6 nitrogen and oxygen atoms in total. The first-order chi connectivity index (χ1) is 16.1. The summed E-state index contributed by atoms with van der Waals surface area (Å²) >= 11 is 0. The zero-order valence-corrected chi connectivity index (χ0v) is 19.5. The average molecular weight is 497 g/mol. The first-order valence-electron chi connectivity index (χ1n) is 11.2. The van der Waals surface area contributed by atoms with E-state index in [2.05, 4.69) is 4.72 Å². The minimum atomic E-state index is -3.96. The second kappa shape index (κ2) is 9.67. The maximum absolute atomic E-state index is 15.1. The summed E-state index contributed by atoms with van der Waals surface area (Å²) in [7, 11) is -3.96. The number of hydrogen-bond donors (Lipinski definition) is 1. The second-order valence-corrected chi connectivity index (χ2v) is 10.8. The summed E-state index contributed by atoms with van der Waals surface area (Å²) in [5.74, 6) is -4.77. The number of likely N-dealkylation sites (tertiary alicyclic amines) is 1. The van der Waals surface area contributed by atoms with Crippen molar-refractivity contribution in [3.8, 4) is 11.1 Å². The van der Waals surface area contributed by atoms with Crippen LogP contribution in [0.15, 0.2) is 48.5 Å². The number of amides is 1. The highest BCUT2D eigenvalue weighted by molar-refractivity contribution is 7.89. The third-order valence-corrected chi connectivity index (χ3v) is 7.70. The number of nitrogens with one attached hydrogen (secondary N) is 1. The fraction of sp³-hybridized carbons (Fsp3) is 0.458. The van der Waals surface area contributed by atoms with Crippen LogP contribution < -0.4 is 4.72 Å². The normalized spacial score (nSPS) is 24.5. The molecule has 0 radical (unpaired) electrons. The zero-order chi connectivity index (χ0) is 24.5. The van der Waals surface area contributed by atoms with Crippen LogP contribution in [0.5, 0.6) is 0 Å². The van der Waals surface area contributed by atoms with Gasteiger partial charge in [-0.3, -0.25) is 4.79 Å². The molecular formula is C24H27F3N2O4S. The van der Waals surface area contributed by atoms with E-state index in [1.165, 1.54) is 19.1 Å². The minimum Gasteiger partial charge on any atom is -0.368 e. The van der Waals surface area contributed by atoms with Crippen LogP contribution in [-0.4, -0.2) is 62.2 Å². The smallest absolute Gasteiger partial charge is 0.283 e. The molecule has 2 aromatic rings. The maximum atomic E-state index is 15.1. The van der Waals surface area contributed by atoms with Gasteiger partial charge in [-0.05, 0) is 55.0 Å². The summed E-state index contributed by atoms with van der Waals surface area (Å²) < 4.78 is 75.9. The number of benzene rings is 2. The summed E-state index contributed by atoms with van der Waals surface area (Å²) in [5, 5.41) is 0. The van der Waals surface area contributed by atoms with Gasteiger partial charge >= 0.3 is 0 Å². The van der Waals surface area contributed by atoms with E-state index in [9.17, 15) is 17.6 Å². The van der Waals surface area contributed by atoms with Crippen molar-refractivity contribution in [2.24, 2.45) is 0 Å². The number of carbonyl (C=O) groups is 1. The highest BCUT2D eigenvalue weighted by Crippen LogP contribution is 2.36. The lowest BCUT2D eigenvalue weighted by atomic mass is 9.96. The highest BCUT2D eigenvalue weighted by Gasteiger charge is 2.57. The second-order valence-electron chi connectivity index (χ2n) is 8.71. The van der Waals surface area contributed by atoms with Crippen molar-refractivity contribution in [1.29, 1.82) is 0 Å². The van der Waals surface area contributed by atoms with Gasteiger partial charge < -0.3 is 9.64 Å². The van der Waals surface area contributed by atoms with Crippen molar-refractivity contribution in [3.05, 3.63) is 59.9 Å². The summed E-state index contributed by atoms with van der Waals surface area (Å²) in [6.45, 7) is 0.853. The number of ether oxygens (including phenoxy) is 1. The predicted octanol–water partition coefficient (Wildman–Crippen LogP) is 3.37. The molecule has 0 aliphatic carbocycles. The monoisotopic (exact) mass is 496 g/mol. The average Bonchev–Trinajstić information content (AvgIpc) is 3.42. The van der Waals surface area contributed by atoms with Gasteiger partial charge in [0.2, 0.25) is 10.0 Å². The topological polar surface area (TPSA) is 75.7 Å². The molecule has 1 N–H and O–H groups in total. The Morgan fingerprint density at radius 3 is 2.53 bits per heavy atom. The number of halogens is 3. The fourth-order valence-electron chi connectivity index (χ4n) is 4.56. The van der Waals surface area contributed by atoms with E-state index < -0.39 is 52.4 Å². The quantitative estimate of drug-likeness (QED) is 0.638. The lowest BCUT2D eigenvalue weighted by Crippen LogP contribution is -2.53. The molecule has 3 atom stereocenters. The van der Waals surface area contributed by atoms with Crippen LogP contribution in [-0.2, 0) is 26.0 Å². The molecule has 0 unspecified atom stereocenters. The van der Waals surface area contributed by atoms with E-state index in [-0.39, 0.29) is 12.2 Å². The summed E-state index contributed by atoms with van der Waals surface area (Å²) in [6, 6.07) is 10.1. The van der Waals surface area contributed by atoms with Crippen LogP contribution in [0.1, 0.15) is 25.3 Å². The van der Waals surface area contributed by atoms with Gasteiger partial charge in [0, 0.05) is 6.61 Å². The SMILES string of the molecule is CCS(=O)(=O)N[C@@H]1[C@H](Cc2cccc(-c3cccc(F)c3)c2)N(C(=O)[C@H]2CCCO2)CC1(F)F. The maximum Gasteiger partial charge on any atom is 0.283 e. The van der Waals surface area contributed by atoms with E-state index in [0.29, 0.717) is 36.1 Å². The highest BCUT2D eigenvalue weighted by atomic mass is 32.2. The predicted molar refractivity (Wildman–Crippen MR) is 121 cm³/mol. The molecule has 2 aliphatic heterocycles. The van der Waals surface area contributed by atoms with E-state index >= 15 is 8.78 Å². The molecule has 2 saturated heterocycles. The van der Waals surface area contributed by atoms with Crippen molar-refractivity contribution in [3.63, 3.8) is 0 Å². The lowest BCUT2D eigenvalue weighted by molar-refractivity contribution is -0.143. The van der Waals surface area contributed by atoms with Gasteiger partial charge in [0.05, 0.1) is 18.3 Å². The van der Waals surface area contributed by atoms with Gasteiger partial charge in [-0.25, -0.2) is 26.3 Å². The molecular weight excluding hydrogens is 469 g/mol. The van der Waals surface area contributed by atoms with Crippen molar-refractivity contribution in [1.82, 2.24) is 9.62 Å². The number of hydrogen-bond acceptors (Lipinski definition) is 4. The minimum absolute atomic E-state index is 0.00585. The van der Waals surface area contributed by atoms with Crippen LogP contribution in [0.2, 0.25) is 0 Å². The summed E-state index contributed by atoms with van der Waals surface area (Å²) in [6.07, 6.45) is 0.285. The first-order valence-corrected chi connectivity index (χ1v) is 12.9. The summed E-state index contributed by atoms with van der Waals surface area (Å²) in [4.78, 5) is 14.2. The van der Waals surface area contributed by atoms with Gasteiger partial charge in [-0.1, -0.05) is 36.4 Å². The third kappa shape index (κ3) is 5.29. The van der Waals surface area contributed by atoms with Gasteiger partial charge in [-0.15, -0.1) is 0 Å². The molecule has 1 amide bonds. The van der Waals surface area contributed by atoms with Gasteiger partial charge in [-0.2, -0.15) is 0 Å². The van der Waals surface area contributed by atoms with Crippen LogP contribution in [0.3, 0.4) is 0 Å². The van der Waals surface area contributed by atoms with Crippen molar-refractivity contribution in [2.45, 2.75) is 50.3 Å². The molecule has 34 heavy (non-hydrogen) atoms. The molecule has 2 fully saturated rings. The summed E-state index contributed by atoms with van der Waals surface area (Å²) in [5.41, 5.74) is 1.92. The molecule has 2 aliphatic rings. The lowest BCUT2D eigenvalue weighted by Gasteiger charge is -2.30. The van der Waals surface area contributed by atoms with Crippen LogP contribution in [0, 0.1) is 5.82 Å². The number of carbonyl (C=O) groups excluding carboxylic acids is 1. The van der Waals surface area contributed by atoms with E-state index in [0.717, 1.165) is 4.90 Å². The molecule has 0 saturated carbocycles. The van der Waals surface area contributed by atoms with Crippen molar-refractivity contribution < 1.29 is 31.1 Å². The third-order valence-electron chi connectivity index (χ3n) is 6.33. The van der Waals surface area contributed by atoms with Crippen LogP contribution in [0.25, 0.3) is 11.1 Å². The Bertz CT molecular complexity index is 1150. The molecule has 4 rings (SSSR count). The standard InChI is InChI=1S/C24H27F3N2O4S/c1-2-34(31,32)28-22-20(29(15-24(22,26)27)23(30)21-10-5-11-33-21)13-16-6-3-7-17(12-16)18-8-4-9-19(25)14-18/h3-4,6-9,12,14,20-22,28H,2,5,10-11,13,15H2,1H3/t20-,21+,22+/m0/s1. The number of nitrogens with zero attached hydrogens (tertiary/aromatic N) is 1. The Balaban J connectivity index is 1.68. The van der Waals surface area contributed by atoms with Crippen LogP contribution >= 0.6 is 0 Å². The molecule has 0 aromatic heterocycles. The Kier molecular flexibility index (Phi) is 7.02.